The van der Waals surface area contributed by atoms with E-state index in [0.717, 1.165) is 5.39 Å². The number of nitrogens with one attached hydrogen (secondary N) is 1. The van der Waals surface area contributed by atoms with Crippen molar-refractivity contribution in [1.29, 1.82) is 5.26 Å². The van der Waals surface area contributed by atoms with Gasteiger partial charge in [0.2, 0.25) is 21.8 Å². The molecule has 3 rings (SSSR count). The number of nitriles is 1. The van der Waals surface area contributed by atoms with Gasteiger partial charge in [-0.1, -0.05) is 23.7 Å². The Morgan fingerprint density at radius 3 is 2.58 bits per heavy atom. The van der Waals surface area contributed by atoms with Crippen molar-refractivity contribution < 1.29 is 18.0 Å². The number of carbonyl (C=O) groups is 2. The summed E-state index contributed by atoms with van der Waals surface area (Å²) in [5.74, 6) is -0.693. The molecule has 2 aromatic rings. The number of hydrogen-bond acceptors (Lipinski definition) is 5. The van der Waals surface area contributed by atoms with Crippen LogP contribution in [0.5, 0.6) is 0 Å². The Labute approximate surface area is 199 Å². The van der Waals surface area contributed by atoms with Crippen molar-refractivity contribution in [1.82, 2.24) is 14.5 Å². The molecule has 8 nitrogen and oxygen atoms in total. The van der Waals surface area contributed by atoms with Crippen molar-refractivity contribution in [2.45, 2.75) is 56.6 Å². The first kappa shape index (κ1) is 25.0. The van der Waals surface area contributed by atoms with E-state index in [0.29, 0.717) is 10.4 Å². The molecule has 1 heterocycles. The van der Waals surface area contributed by atoms with Crippen molar-refractivity contribution in [3.05, 3.63) is 41.4 Å². The Kier molecular flexibility index (Phi) is 7.62. The fourth-order valence-electron chi connectivity index (χ4n) is 3.98. The van der Waals surface area contributed by atoms with Crippen molar-refractivity contribution in [3.8, 4) is 6.07 Å². The molecule has 0 aromatic heterocycles. The van der Waals surface area contributed by atoms with Gasteiger partial charge in [0.05, 0.1) is 17.4 Å². The Bertz CT molecular complexity index is 1210. The summed E-state index contributed by atoms with van der Waals surface area (Å²) in [7, 11) is -3.95. The first-order chi connectivity index (χ1) is 15.5. The summed E-state index contributed by atoms with van der Waals surface area (Å²) < 4.78 is 28.4. The van der Waals surface area contributed by atoms with E-state index in [1.165, 1.54) is 17.0 Å². The van der Waals surface area contributed by atoms with E-state index in [2.05, 4.69) is 4.72 Å². The van der Waals surface area contributed by atoms with Gasteiger partial charge in [-0.2, -0.15) is 9.98 Å². The highest BCUT2D eigenvalue weighted by Crippen LogP contribution is 2.24. The molecule has 0 unspecified atom stereocenters. The Balaban J connectivity index is 1.73. The lowest BCUT2D eigenvalue weighted by molar-refractivity contribution is -0.144. The molecule has 2 aromatic carbocycles. The maximum absolute atomic E-state index is 13.0. The third-order valence-electron chi connectivity index (χ3n) is 5.82. The molecular formula is C23H27ClN4O4S. The van der Waals surface area contributed by atoms with Crippen LogP contribution in [0.4, 0.5) is 0 Å². The van der Waals surface area contributed by atoms with Gasteiger partial charge in [0.25, 0.3) is 0 Å². The molecule has 176 valence electrons. The Morgan fingerprint density at radius 2 is 1.91 bits per heavy atom. The van der Waals surface area contributed by atoms with Gasteiger partial charge in [0.1, 0.15) is 12.1 Å². The van der Waals surface area contributed by atoms with Crippen molar-refractivity contribution in [2.24, 2.45) is 0 Å². The highest BCUT2D eigenvalue weighted by molar-refractivity contribution is 7.89. The third-order valence-corrected chi connectivity index (χ3v) is 7.52. The van der Waals surface area contributed by atoms with E-state index in [1.54, 1.807) is 36.1 Å². The quantitative estimate of drug-likeness (QED) is 0.611. The predicted octanol–water partition coefficient (Wildman–Crippen LogP) is 2.91. The third kappa shape index (κ3) is 5.46. The van der Waals surface area contributed by atoms with Gasteiger partial charge in [0.15, 0.2) is 0 Å². The van der Waals surface area contributed by atoms with Crippen molar-refractivity contribution >= 4 is 44.2 Å². The zero-order chi connectivity index (χ0) is 24.3. The highest BCUT2D eigenvalue weighted by atomic mass is 35.5. The Hall–Kier alpha value is -2.67. The van der Waals surface area contributed by atoms with Crippen LogP contribution in [0.2, 0.25) is 5.02 Å². The molecule has 1 aliphatic rings. The maximum Gasteiger partial charge on any atom is 0.245 e. The van der Waals surface area contributed by atoms with E-state index in [4.69, 9.17) is 16.9 Å². The van der Waals surface area contributed by atoms with Gasteiger partial charge < -0.3 is 9.80 Å². The number of carbonyl (C=O) groups excluding carboxylic acids is 2. The summed E-state index contributed by atoms with van der Waals surface area (Å²) in [5.41, 5.74) is 0. The van der Waals surface area contributed by atoms with E-state index >= 15 is 0 Å². The van der Waals surface area contributed by atoms with Crippen molar-refractivity contribution in [3.63, 3.8) is 0 Å². The van der Waals surface area contributed by atoms with Crippen LogP contribution in [0.15, 0.2) is 41.3 Å². The molecule has 0 bridgehead atoms. The molecule has 33 heavy (non-hydrogen) atoms. The van der Waals surface area contributed by atoms with Crippen LogP contribution in [0, 0.1) is 11.3 Å². The molecule has 2 amide bonds. The molecular weight excluding hydrogens is 464 g/mol. The van der Waals surface area contributed by atoms with Gasteiger partial charge in [-0.05, 0) is 62.2 Å². The summed E-state index contributed by atoms with van der Waals surface area (Å²) >= 11 is 5.99. The van der Waals surface area contributed by atoms with Crippen LogP contribution in [-0.2, 0) is 19.6 Å². The molecule has 0 aliphatic carbocycles. The summed E-state index contributed by atoms with van der Waals surface area (Å²) in [6.45, 7) is 5.87. The minimum atomic E-state index is -3.95. The number of hydrogen-bond donors (Lipinski definition) is 1. The summed E-state index contributed by atoms with van der Waals surface area (Å²) in [5, 5.41) is 10.9. The lowest BCUT2D eigenvalue weighted by Gasteiger charge is -2.32. The van der Waals surface area contributed by atoms with Crippen LogP contribution in [0.3, 0.4) is 0 Å². The van der Waals surface area contributed by atoms with E-state index < -0.39 is 28.0 Å². The second-order valence-electron chi connectivity index (χ2n) is 8.36. The average Bonchev–Trinajstić information content (AvgIpc) is 3.12. The van der Waals surface area contributed by atoms with E-state index in [1.807, 2.05) is 19.9 Å². The lowest BCUT2D eigenvalue weighted by atomic mass is 10.1. The molecule has 2 atom stereocenters. The summed E-state index contributed by atoms with van der Waals surface area (Å²) in [6.07, 6.45) is 0.462. The fraction of sp³-hybridized carbons (Fsp3) is 0.435. The monoisotopic (exact) mass is 490 g/mol. The van der Waals surface area contributed by atoms with Crippen LogP contribution in [0.25, 0.3) is 10.8 Å². The standard InChI is InChI=1S/C23H27ClN4O4S/c1-15(2)27(11-4-10-25)22(29)16(3)28-12-9-21(23(28)30)26-33(31,32)20-8-6-17-13-19(24)7-5-18(17)14-20/h5-8,13-16,21,26H,4,9,11-12H2,1-3H3/t16-,21-/m0/s1. The normalized spacial score (nSPS) is 17.4. The van der Waals surface area contributed by atoms with E-state index in [9.17, 15) is 18.0 Å². The smallest absolute Gasteiger partial charge is 0.245 e. The second kappa shape index (κ2) is 10.1. The number of rotatable bonds is 8. The zero-order valence-corrected chi connectivity index (χ0v) is 20.4. The summed E-state index contributed by atoms with van der Waals surface area (Å²) in [4.78, 5) is 29.0. The van der Waals surface area contributed by atoms with Crippen LogP contribution in [0.1, 0.15) is 33.6 Å². The number of likely N-dealkylation sites (tertiary alicyclic amines) is 1. The SMILES string of the molecule is CC(C)N(CCC#N)C(=O)[C@H](C)N1CC[C@H](NS(=O)(=O)c2ccc3cc(Cl)ccc3c2)C1=O. The largest absolute Gasteiger partial charge is 0.337 e. The number of benzene rings is 2. The molecule has 0 spiro atoms. The predicted molar refractivity (Wildman–Crippen MR) is 126 cm³/mol. The first-order valence-corrected chi connectivity index (χ1v) is 12.6. The average molecular weight is 491 g/mol. The molecule has 1 N–H and O–H groups in total. The van der Waals surface area contributed by atoms with Gasteiger partial charge in [-0.25, -0.2) is 8.42 Å². The van der Waals surface area contributed by atoms with Crippen LogP contribution >= 0.6 is 11.6 Å². The fourth-order valence-corrected chi connectivity index (χ4v) is 5.42. The maximum atomic E-state index is 13.0. The van der Waals surface area contributed by atoms with Gasteiger partial charge in [0, 0.05) is 24.2 Å². The zero-order valence-electron chi connectivity index (χ0n) is 18.8. The molecule has 1 saturated heterocycles. The van der Waals surface area contributed by atoms with Gasteiger partial charge in [-0.15, -0.1) is 0 Å². The number of amides is 2. The number of halogens is 1. The Morgan fingerprint density at radius 1 is 1.24 bits per heavy atom. The topological polar surface area (TPSA) is 111 Å². The molecule has 1 aliphatic heterocycles. The van der Waals surface area contributed by atoms with E-state index in [-0.39, 0.29) is 42.8 Å². The number of fused-ring (bicyclic) bond motifs is 1. The second-order valence-corrected chi connectivity index (χ2v) is 10.5. The van der Waals surface area contributed by atoms with Gasteiger partial charge in [-0.3, -0.25) is 9.59 Å². The van der Waals surface area contributed by atoms with Gasteiger partial charge >= 0.3 is 0 Å². The molecule has 0 radical (unpaired) electrons. The first-order valence-electron chi connectivity index (χ1n) is 10.7. The van der Waals surface area contributed by atoms with Crippen LogP contribution < -0.4 is 4.72 Å². The molecule has 1 fully saturated rings. The summed E-state index contributed by atoms with van der Waals surface area (Å²) in [6, 6.07) is 10.0. The minimum Gasteiger partial charge on any atom is -0.337 e. The highest BCUT2D eigenvalue weighted by Gasteiger charge is 2.40. The molecule has 10 heteroatoms. The number of sulfonamides is 1. The van der Waals surface area contributed by atoms with Crippen LogP contribution in [-0.4, -0.2) is 61.2 Å². The van der Waals surface area contributed by atoms with Crippen molar-refractivity contribution in [2.75, 3.05) is 13.1 Å². The minimum absolute atomic E-state index is 0.0511. The lowest BCUT2D eigenvalue weighted by Crippen LogP contribution is -2.52. The number of nitrogens with zero attached hydrogens (tertiary/aromatic N) is 3. The molecule has 0 saturated carbocycles.